The molecule has 0 heterocycles. The van der Waals surface area contributed by atoms with Gasteiger partial charge in [0.25, 0.3) is 0 Å². The molecule has 0 saturated carbocycles. The summed E-state index contributed by atoms with van der Waals surface area (Å²) in [5.74, 6) is -0.131. The Hall–Kier alpha value is -1.56. The van der Waals surface area contributed by atoms with Crippen molar-refractivity contribution >= 4 is 16.1 Å². The molecule has 0 bridgehead atoms. The van der Waals surface area contributed by atoms with Gasteiger partial charge in [-0.05, 0) is 17.7 Å². The van der Waals surface area contributed by atoms with Crippen LogP contribution in [0.1, 0.15) is 39.4 Å². The summed E-state index contributed by atoms with van der Waals surface area (Å²) < 4.78 is 32.2. The zero-order valence-corrected chi connectivity index (χ0v) is 13.2. The predicted octanol–water partition coefficient (Wildman–Crippen LogP) is 2.68. The molecule has 0 fully saturated rings. The minimum absolute atomic E-state index is 0.228. The predicted molar refractivity (Wildman–Crippen MR) is 75.9 cm³/mol. The highest BCUT2D eigenvalue weighted by molar-refractivity contribution is 7.86. The topological polar surface area (TPSA) is 69.7 Å². The minimum atomic E-state index is -3.54. The number of ether oxygens (including phenoxy) is 1. The highest BCUT2D eigenvalue weighted by atomic mass is 32.2. The molecule has 5 nitrogen and oxygen atoms in total. The Morgan fingerprint density at radius 3 is 2.00 bits per heavy atom. The summed E-state index contributed by atoms with van der Waals surface area (Å²) in [5, 5.41) is 0. The molecule has 0 aliphatic carbocycles. The molecule has 0 saturated heterocycles. The van der Waals surface area contributed by atoms with Crippen molar-refractivity contribution in [1.29, 1.82) is 0 Å². The number of carbonyl (C=O) groups excluding carboxylic acids is 1. The van der Waals surface area contributed by atoms with E-state index in [0.29, 0.717) is 0 Å². The number of rotatable bonds is 4. The average Bonchev–Trinajstić information content (AvgIpc) is 2.23. The zero-order chi connectivity index (χ0) is 15.6. The molecular weight excluding hydrogens is 280 g/mol. The fraction of sp³-hybridized carbons (Fsp3) is 0.500. The van der Waals surface area contributed by atoms with E-state index in [2.05, 4.69) is 0 Å². The Labute approximate surface area is 120 Å². The number of hydrogen-bond donors (Lipinski definition) is 0. The fourth-order valence-corrected chi connectivity index (χ4v) is 2.24. The lowest BCUT2D eigenvalue weighted by Crippen LogP contribution is -2.23. The van der Waals surface area contributed by atoms with Gasteiger partial charge in [0, 0.05) is 12.3 Å². The van der Waals surface area contributed by atoms with Crippen LogP contribution in [-0.4, -0.2) is 20.6 Å². The van der Waals surface area contributed by atoms with E-state index in [1.54, 1.807) is 24.3 Å². The number of esters is 1. The molecule has 6 heteroatoms. The molecule has 1 aromatic rings. The first kappa shape index (κ1) is 16.5. The van der Waals surface area contributed by atoms with Gasteiger partial charge in [0.15, 0.2) is 0 Å². The normalized spacial score (nSPS) is 13.7. The van der Waals surface area contributed by atoms with Crippen molar-refractivity contribution in [2.75, 3.05) is 6.26 Å². The summed E-state index contributed by atoms with van der Waals surface area (Å²) in [7, 11) is -3.54. The molecule has 1 unspecified atom stereocenters. The van der Waals surface area contributed by atoms with Crippen LogP contribution in [0, 0.1) is 5.41 Å². The molecule has 0 radical (unpaired) electrons. The van der Waals surface area contributed by atoms with Gasteiger partial charge in [-0.3, -0.25) is 4.79 Å². The van der Waals surface area contributed by atoms with Crippen LogP contribution < -0.4 is 4.18 Å². The van der Waals surface area contributed by atoms with E-state index in [-0.39, 0.29) is 17.1 Å². The summed E-state index contributed by atoms with van der Waals surface area (Å²) in [5.41, 5.74) is 0.513. The summed E-state index contributed by atoms with van der Waals surface area (Å²) in [4.78, 5) is 11.2. The van der Waals surface area contributed by atoms with E-state index < -0.39 is 16.2 Å². The van der Waals surface area contributed by atoms with Crippen LogP contribution in [0.2, 0.25) is 0 Å². The Morgan fingerprint density at radius 1 is 1.15 bits per heavy atom. The van der Waals surface area contributed by atoms with Gasteiger partial charge in [-0.25, -0.2) is 0 Å². The second kappa shape index (κ2) is 5.83. The summed E-state index contributed by atoms with van der Waals surface area (Å²) in [6.07, 6.45) is 0.574. The number of carbonyl (C=O) groups is 1. The van der Waals surface area contributed by atoms with Gasteiger partial charge in [-0.15, -0.1) is 0 Å². The second-order valence-corrected chi connectivity index (χ2v) is 7.29. The second-order valence-electron chi connectivity index (χ2n) is 5.71. The van der Waals surface area contributed by atoms with Crippen LogP contribution in [0.3, 0.4) is 0 Å². The molecule has 0 aliphatic heterocycles. The van der Waals surface area contributed by atoms with Gasteiger partial charge in [0.2, 0.25) is 0 Å². The molecule has 0 amide bonds. The first-order valence-corrected chi connectivity index (χ1v) is 7.97. The first-order chi connectivity index (χ1) is 8.99. The molecular formula is C14H20O5S. The van der Waals surface area contributed by atoms with Crippen molar-refractivity contribution in [2.45, 2.75) is 33.8 Å². The van der Waals surface area contributed by atoms with Crippen LogP contribution in [0.15, 0.2) is 24.3 Å². The zero-order valence-electron chi connectivity index (χ0n) is 12.3. The SMILES string of the molecule is CC(=O)OC(c1ccc(OS(C)(=O)=O)cc1)C(C)(C)C. The van der Waals surface area contributed by atoms with Crippen LogP contribution in [0.5, 0.6) is 5.75 Å². The lowest BCUT2D eigenvalue weighted by Gasteiger charge is -2.30. The minimum Gasteiger partial charge on any atom is -0.457 e. The monoisotopic (exact) mass is 300 g/mol. The maximum atomic E-state index is 11.2. The molecule has 112 valence electrons. The summed E-state index contributed by atoms with van der Waals surface area (Å²) >= 11 is 0. The van der Waals surface area contributed by atoms with Gasteiger partial charge in [-0.1, -0.05) is 32.9 Å². The maximum Gasteiger partial charge on any atom is 0.306 e. The standard InChI is InChI=1S/C14H20O5S/c1-10(15)18-13(14(2,3)4)11-6-8-12(9-7-11)19-20(5,16)17/h6-9,13H,1-5H3. The van der Waals surface area contributed by atoms with E-state index >= 15 is 0 Å². The molecule has 0 aliphatic rings. The molecule has 1 aromatic carbocycles. The van der Waals surface area contributed by atoms with E-state index in [9.17, 15) is 13.2 Å². The molecule has 1 atom stereocenters. The molecule has 1 rings (SSSR count). The highest BCUT2D eigenvalue weighted by Crippen LogP contribution is 2.36. The van der Waals surface area contributed by atoms with Gasteiger partial charge < -0.3 is 8.92 Å². The van der Waals surface area contributed by atoms with Crippen LogP contribution in [0.4, 0.5) is 0 Å². The number of hydrogen-bond acceptors (Lipinski definition) is 5. The number of benzene rings is 1. The van der Waals surface area contributed by atoms with Crippen molar-refractivity contribution in [3.63, 3.8) is 0 Å². The maximum absolute atomic E-state index is 11.2. The Morgan fingerprint density at radius 2 is 1.65 bits per heavy atom. The fourth-order valence-electron chi connectivity index (χ4n) is 1.78. The van der Waals surface area contributed by atoms with E-state index in [1.807, 2.05) is 20.8 Å². The third-order valence-corrected chi connectivity index (χ3v) is 3.00. The van der Waals surface area contributed by atoms with Crippen molar-refractivity contribution < 1.29 is 22.1 Å². The smallest absolute Gasteiger partial charge is 0.306 e. The largest absolute Gasteiger partial charge is 0.457 e. The highest BCUT2D eigenvalue weighted by Gasteiger charge is 2.29. The molecule has 20 heavy (non-hydrogen) atoms. The van der Waals surface area contributed by atoms with Gasteiger partial charge in [-0.2, -0.15) is 8.42 Å². The van der Waals surface area contributed by atoms with E-state index in [0.717, 1.165) is 11.8 Å². The molecule has 0 aromatic heterocycles. The lowest BCUT2D eigenvalue weighted by atomic mass is 9.84. The summed E-state index contributed by atoms with van der Waals surface area (Å²) in [6, 6.07) is 6.47. The average molecular weight is 300 g/mol. The van der Waals surface area contributed by atoms with Gasteiger partial charge in [0.1, 0.15) is 11.9 Å². The molecule has 0 N–H and O–H groups in total. The van der Waals surface area contributed by atoms with Crippen LogP contribution in [-0.2, 0) is 19.6 Å². The third-order valence-electron chi connectivity index (χ3n) is 2.50. The Balaban J connectivity index is 3.02. The van der Waals surface area contributed by atoms with Gasteiger partial charge in [0.05, 0.1) is 6.26 Å². The van der Waals surface area contributed by atoms with E-state index in [4.69, 9.17) is 8.92 Å². The van der Waals surface area contributed by atoms with E-state index in [1.165, 1.54) is 6.92 Å². The quantitative estimate of drug-likeness (QED) is 0.631. The third kappa shape index (κ3) is 5.21. The van der Waals surface area contributed by atoms with Gasteiger partial charge >= 0.3 is 16.1 Å². The Kier molecular flexibility index (Phi) is 4.81. The van der Waals surface area contributed by atoms with Crippen molar-refractivity contribution in [3.05, 3.63) is 29.8 Å². The lowest BCUT2D eigenvalue weighted by molar-refractivity contribution is -0.152. The van der Waals surface area contributed by atoms with Crippen LogP contribution >= 0.6 is 0 Å². The molecule has 0 spiro atoms. The van der Waals surface area contributed by atoms with Crippen molar-refractivity contribution in [2.24, 2.45) is 5.41 Å². The Bertz CT molecular complexity index is 567. The van der Waals surface area contributed by atoms with Crippen LogP contribution in [0.25, 0.3) is 0 Å². The summed E-state index contributed by atoms with van der Waals surface area (Å²) in [6.45, 7) is 7.24. The van der Waals surface area contributed by atoms with Crippen molar-refractivity contribution in [1.82, 2.24) is 0 Å². The first-order valence-electron chi connectivity index (χ1n) is 6.16. The van der Waals surface area contributed by atoms with Crippen molar-refractivity contribution in [3.8, 4) is 5.75 Å².